The minimum absolute atomic E-state index is 0.204. The number of aliphatic imine (C=N–C) groups is 1. The number of nitrogens with one attached hydrogen (secondary N) is 1. The maximum absolute atomic E-state index is 13.1. The molecule has 1 fully saturated rings. The van der Waals surface area contributed by atoms with Gasteiger partial charge in [0.05, 0.1) is 24.9 Å². The molecular weight excluding hydrogens is 407 g/mol. The SMILES string of the molecule is CCN=C/C(OC[C@@]1(c2ccc(Cl)cc2)CC1C(=O)Nc1ccc(F)cn1)=C(/C)N. The van der Waals surface area contributed by atoms with E-state index in [0.717, 1.165) is 11.8 Å². The Kier molecular flexibility index (Phi) is 6.72. The van der Waals surface area contributed by atoms with Gasteiger partial charge < -0.3 is 15.8 Å². The summed E-state index contributed by atoms with van der Waals surface area (Å²) in [5.74, 6) is -0.226. The molecule has 1 aromatic heterocycles. The highest BCUT2D eigenvalue weighted by atomic mass is 35.5. The number of nitrogens with zero attached hydrogens (tertiary/aromatic N) is 2. The molecule has 3 rings (SSSR count). The van der Waals surface area contributed by atoms with Crippen molar-refractivity contribution in [1.29, 1.82) is 0 Å². The van der Waals surface area contributed by atoms with E-state index < -0.39 is 11.2 Å². The number of benzene rings is 1. The molecule has 3 N–H and O–H groups in total. The third-order valence-electron chi connectivity index (χ3n) is 5.05. The molecule has 2 aromatic rings. The van der Waals surface area contributed by atoms with Gasteiger partial charge in [-0.3, -0.25) is 9.79 Å². The van der Waals surface area contributed by atoms with Crippen molar-refractivity contribution in [2.75, 3.05) is 18.5 Å². The molecule has 0 bridgehead atoms. The number of hydrogen-bond acceptors (Lipinski definition) is 5. The zero-order valence-electron chi connectivity index (χ0n) is 16.9. The van der Waals surface area contributed by atoms with E-state index in [-0.39, 0.29) is 18.4 Å². The number of nitrogens with two attached hydrogens (primary N) is 1. The Morgan fingerprint density at radius 1 is 1.40 bits per heavy atom. The zero-order chi connectivity index (χ0) is 21.7. The van der Waals surface area contributed by atoms with Crippen LogP contribution < -0.4 is 11.1 Å². The van der Waals surface area contributed by atoms with Crippen LogP contribution in [0.15, 0.2) is 59.0 Å². The largest absolute Gasteiger partial charge is 0.489 e. The molecule has 8 heteroatoms. The van der Waals surface area contributed by atoms with Gasteiger partial charge in [0.15, 0.2) is 5.76 Å². The van der Waals surface area contributed by atoms with Crippen LogP contribution in [0.3, 0.4) is 0 Å². The van der Waals surface area contributed by atoms with Crippen LogP contribution in [0, 0.1) is 11.7 Å². The van der Waals surface area contributed by atoms with E-state index in [0.29, 0.717) is 35.3 Å². The molecule has 1 aliphatic carbocycles. The molecule has 0 saturated heterocycles. The highest BCUT2D eigenvalue weighted by Gasteiger charge is 2.60. The average Bonchev–Trinajstić information content (AvgIpc) is 3.46. The lowest BCUT2D eigenvalue weighted by Gasteiger charge is -2.20. The summed E-state index contributed by atoms with van der Waals surface area (Å²) in [5, 5.41) is 3.36. The second-order valence-electron chi connectivity index (χ2n) is 7.23. The second kappa shape index (κ2) is 9.26. The molecule has 30 heavy (non-hydrogen) atoms. The molecule has 0 radical (unpaired) electrons. The van der Waals surface area contributed by atoms with E-state index in [9.17, 15) is 9.18 Å². The molecule has 1 aromatic carbocycles. The van der Waals surface area contributed by atoms with Crippen molar-refractivity contribution >= 4 is 29.5 Å². The first-order valence-corrected chi connectivity index (χ1v) is 10.0. The van der Waals surface area contributed by atoms with Crippen molar-refractivity contribution in [3.8, 4) is 0 Å². The van der Waals surface area contributed by atoms with Gasteiger partial charge in [0.1, 0.15) is 11.6 Å². The highest BCUT2D eigenvalue weighted by molar-refractivity contribution is 6.30. The minimum Gasteiger partial charge on any atom is -0.489 e. The molecular formula is C22H24ClFN4O2. The molecule has 6 nitrogen and oxygen atoms in total. The lowest BCUT2D eigenvalue weighted by Crippen LogP contribution is -2.26. The third-order valence-corrected chi connectivity index (χ3v) is 5.31. The number of pyridine rings is 1. The van der Waals surface area contributed by atoms with Crippen LogP contribution in [-0.2, 0) is 14.9 Å². The molecule has 1 heterocycles. The first kappa shape index (κ1) is 21.8. The molecule has 0 aliphatic heterocycles. The van der Waals surface area contributed by atoms with Crippen molar-refractivity contribution in [3.63, 3.8) is 0 Å². The Morgan fingerprint density at radius 3 is 2.73 bits per heavy atom. The Hall–Kier alpha value is -2.93. The fraction of sp³-hybridized carbons (Fsp3) is 0.318. The number of amides is 1. The number of rotatable bonds is 8. The molecule has 1 amide bonds. The molecule has 158 valence electrons. The highest BCUT2D eigenvalue weighted by Crippen LogP contribution is 2.55. The quantitative estimate of drug-likeness (QED) is 0.488. The van der Waals surface area contributed by atoms with Gasteiger partial charge in [0.25, 0.3) is 0 Å². The monoisotopic (exact) mass is 430 g/mol. The molecule has 0 spiro atoms. The number of carbonyl (C=O) groups excluding carboxylic acids is 1. The van der Waals surface area contributed by atoms with Crippen LogP contribution in [0.25, 0.3) is 0 Å². The summed E-state index contributed by atoms with van der Waals surface area (Å²) in [4.78, 5) is 21.0. The van der Waals surface area contributed by atoms with Crippen LogP contribution >= 0.6 is 11.6 Å². The van der Waals surface area contributed by atoms with Gasteiger partial charge in [-0.1, -0.05) is 23.7 Å². The number of anilines is 1. The first-order chi connectivity index (χ1) is 14.4. The summed E-state index contributed by atoms with van der Waals surface area (Å²) in [6.45, 7) is 4.52. The maximum Gasteiger partial charge on any atom is 0.229 e. The summed E-state index contributed by atoms with van der Waals surface area (Å²) in [6.07, 6.45) is 3.25. The maximum atomic E-state index is 13.1. The molecule has 1 unspecified atom stereocenters. The van der Waals surface area contributed by atoms with E-state index in [2.05, 4.69) is 15.3 Å². The predicted molar refractivity (Wildman–Crippen MR) is 116 cm³/mol. The first-order valence-electron chi connectivity index (χ1n) is 9.63. The number of ether oxygens (including phenoxy) is 1. The van der Waals surface area contributed by atoms with E-state index >= 15 is 0 Å². The topological polar surface area (TPSA) is 89.6 Å². The van der Waals surface area contributed by atoms with Crippen LogP contribution in [0.5, 0.6) is 0 Å². The van der Waals surface area contributed by atoms with Gasteiger partial charge in [0, 0.05) is 22.7 Å². The summed E-state index contributed by atoms with van der Waals surface area (Å²) in [5.41, 5.74) is 6.84. The Bertz CT molecular complexity index is 956. The smallest absolute Gasteiger partial charge is 0.229 e. The number of carbonyl (C=O) groups is 1. The summed E-state index contributed by atoms with van der Waals surface area (Å²) in [7, 11) is 0. The third kappa shape index (κ3) is 4.97. The van der Waals surface area contributed by atoms with Gasteiger partial charge in [-0.2, -0.15) is 0 Å². The molecule has 1 aliphatic rings. The van der Waals surface area contributed by atoms with E-state index in [4.69, 9.17) is 22.1 Å². The number of allylic oxidation sites excluding steroid dienone is 2. The van der Waals surface area contributed by atoms with Crippen LogP contribution in [0.4, 0.5) is 10.2 Å². The normalized spacial score (nSPS) is 21.3. The number of halogens is 2. The fourth-order valence-electron chi connectivity index (χ4n) is 3.29. The van der Waals surface area contributed by atoms with Crippen molar-refractivity contribution < 1.29 is 13.9 Å². The van der Waals surface area contributed by atoms with Gasteiger partial charge in [-0.05, 0) is 50.1 Å². The summed E-state index contributed by atoms with van der Waals surface area (Å²) < 4.78 is 19.1. The summed E-state index contributed by atoms with van der Waals surface area (Å²) in [6, 6.07) is 10.0. The van der Waals surface area contributed by atoms with Crippen LogP contribution in [0.2, 0.25) is 5.02 Å². The lowest BCUT2D eigenvalue weighted by molar-refractivity contribution is -0.118. The second-order valence-corrected chi connectivity index (χ2v) is 7.67. The number of hydrogen-bond donors (Lipinski definition) is 2. The fourth-order valence-corrected chi connectivity index (χ4v) is 3.42. The van der Waals surface area contributed by atoms with E-state index in [1.54, 1.807) is 25.3 Å². The number of aromatic nitrogens is 1. The lowest BCUT2D eigenvalue weighted by atomic mass is 9.93. The Labute approximate surface area is 180 Å². The van der Waals surface area contributed by atoms with E-state index in [1.807, 2.05) is 19.1 Å². The van der Waals surface area contributed by atoms with E-state index in [1.165, 1.54) is 12.1 Å². The Morgan fingerprint density at radius 2 is 2.13 bits per heavy atom. The average molecular weight is 431 g/mol. The van der Waals surface area contributed by atoms with Crippen molar-refractivity contribution in [2.24, 2.45) is 16.6 Å². The Balaban J connectivity index is 1.81. The molecule has 1 saturated carbocycles. The minimum atomic E-state index is -0.532. The summed E-state index contributed by atoms with van der Waals surface area (Å²) >= 11 is 6.04. The van der Waals surface area contributed by atoms with Crippen LogP contribution in [-0.4, -0.2) is 30.3 Å². The zero-order valence-corrected chi connectivity index (χ0v) is 17.6. The van der Waals surface area contributed by atoms with Crippen molar-refractivity contribution in [3.05, 3.63) is 70.5 Å². The van der Waals surface area contributed by atoms with Gasteiger partial charge >= 0.3 is 0 Å². The van der Waals surface area contributed by atoms with Gasteiger partial charge in [-0.15, -0.1) is 0 Å². The standard InChI is InChI=1S/C22H24ClFN4O2/c1-3-26-12-19(14(2)25)30-13-22(15-4-6-16(23)7-5-15)10-18(22)21(29)28-20-9-8-17(24)11-27-20/h4-9,11-12,18H,3,10,13,25H2,1-2H3,(H,27,28,29)/b19-14+,26-12?/t18?,22-/m1/s1. The van der Waals surface area contributed by atoms with Gasteiger partial charge in [-0.25, -0.2) is 9.37 Å². The van der Waals surface area contributed by atoms with Crippen molar-refractivity contribution in [2.45, 2.75) is 25.7 Å². The molecule has 2 atom stereocenters. The predicted octanol–water partition coefficient (Wildman–Crippen LogP) is 4.07. The van der Waals surface area contributed by atoms with Gasteiger partial charge in [0.2, 0.25) is 5.91 Å². The van der Waals surface area contributed by atoms with Crippen molar-refractivity contribution in [1.82, 2.24) is 4.98 Å². The van der Waals surface area contributed by atoms with Crippen LogP contribution in [0.1, 0.15) is 25.8 Å².